The molecule has 0 atom stereocenters. The number of nitrogens with zero attached hydrogens (tertiary/aromatic N) is 2. The third kappa shape index (κ3) is 6.60. The van der Waals surface area contributed by atoms with Gasteiger partial charge >= 0.3 is 6.18 Å². The van der Waals surface area contributed by atoms with E-state index in [0.29, 0.717) is 29.9 Å². The standard InChI is InChI=1S/C20H21BrF3N3O3/c21-17-7-6-16(30-17)19(29)25-15-4-2-14(3-5-15)12-18(28)27-9-1-8-26(10-11-27)13-20(22,23)24/h2-7H,1,8-13H2,(H,25,29). The number of hydrogen-bond acceptors (Lipinski definition) is 4. The average molecular weight is 488 g/mol. The van der Waals surface area contributed by atoms with Crippen LogP contribution in [-0.4, -0.2) is 60.5 Å². The smallest absolute Gasteiger partial charge is 0.401 e. The molecule has 1 aliphatic rings. The van der Waals surface area contributed by atoms with E-state index in [1.807, 2.05) is 0 Å². The molecule has 1 N–H and O–H groups in total. The zero-order valence-corrected chi connectivity index (χ0v) is 17.6. The fourth-order valence-corrected chi connectivity index (χ4v) is 3.56. The van der Waals surface area contributed by atoms with Crippen LogP contribution in [0.3, 0.4) is 0 Å². The quantitative estimate of drug-likeness (QED) is 0.693. The molecule has 162 valence electrons. The van der Waals surface area contributed by atoms with Gasteiger partial charge in [-0.2, -0.15) is 13.2 Å². The van der Waals surface area contributed by atoms with Gasteiger partial charge in [0.25, 0.3) is 5.91 Å². The van der Waals surface area contributed by atoms with Gasteiger partial charge < -0.3 is 14.6 Å². The molecule has 0 spiro atoms. The number of halogens is 4. The highest BCUT2D eigenvalue weighted by molar-refractivity contribution is 9.10. The highest BCUT2D eigenvalue weighted by Crippen LogP contribution is 2.19. The lowest BCUT2D eigenvalue weighted by Gasteiger charge is -2.23. The van der Waals surface area contributed by atoms with Gasteiger partial charge in [0.15, 0.2) is 10.4 Å². The maximum atomic E-state index is 12.6. The number of rotatable bonds is 5. The molecule has 0 unspecified atom stereocenters. The van der Waals surface area contributed by atoms with Crippen LogP contribution < -0.4 is 5.32 Å². The second-order valence-electron chi connectivity index (χ2n) is 7.06. The van der Waals surface area contributed by atoms with E-state index in [0.717, 1.165) is 5.56 Å². The van der Waals surface area contributed by atoms with Gasteiger partial charge in [-0.05, 0) is 52.2 Å². The van der Waals surface area contributed by atoms with Crippen LogP contribution in [0.1, 0.15) is 22.5 Å². The number of furan rings is 1. The van der Waals surface area contributed by atoms with Crippen molar-refractivity contribution >= 4 is 33.4 Å². The highest BCUT2D eigenvalue weighted by Gasteiger charge is 2.31. The van der Waals surface area contributed by atoms with Crippen molar-refractivity contribution in [2.75, 3.05) is 38.0 Å². The van der Waals surface area contributed by atoms with E-state index in [-0.39, 0.29) is 31.2 Å². The van der Waals surface area contributed by atoms with Gasteiger partial charge in [0.2, 0.25) is 5.91 Å². The third-order valence-corrected chi connectivity index (χ3v) is 5.13. The van der Waals surface area contributed by atoms with Crippen molar-refractivity contribution in [1.82, 2.24) is 9.80 Å². The Hall–Kier alpha value is -2.33. The first-order valence-corrected chi connectivity index (χ1v) is 10.2. The number of alkyl halides is 3. The first-order chi connectivity index (χ1) is 14.2. The SMILES string of the molecule is O=C(Nc1ccc(CC(=O)N2CCCN(CC(F)(F)F)CC2)cc1)c1ccc(Br)o1. The minimum atomic E-state index is -4.23. The number of carbonyl (C=O) groups excluding carboxylic acids is 2. The molecule has 1 fully saturated rings. The molecule has 2 amide bonds. The number of hydrogen-bond donors (Lipinski definition) is 1. The van der Waals surface area contributed by atoms with Crippen LogP contribution in [0.15, 0.2) is 45.5 Å². The first kappa shape index (κ1) is 22.4. The molecule has 30 heavy (non-hydrogen) atoms. The topological polar surface area (TPSA) is 65.8 Å². The van der Waals surface area contributed by atoms with Gasteiger partial charge in [0.1, 0.15) is 0 Å². The average Bonchev–Trinajstić information content (AvgIpc) is 2.98. The van der Waals surface area contributed by atoms with Gasteiger partial charge in [-0.15, -0.1) is 0 Å². The van der Waals surface area contributed by atoms with Crippen molar-refractivity contribution in [2.24, 2.45) is 0 Å². The molecule has 0 bridgehead atoms. The number of benzene rings is 1. The summed E-state index contributed by atoms with van der Waals surface area (Å²) in [6, 6.07) is 10.0. The fourth-order valence-electron chi connectivity index (χ4n) is 3.25. The van der Waals surface area contributed by atoms with Crippen LogP contribution in [0.4, 0.5) is 18.9 Å². The minimum absolute atomic E-state index is 0.124. The van der Waals surface area contributed by atoms with Crippen LogP contribution in [-0.2, 0) is 11.2 Å². The van der Waals surface area contributed by atoms with Crippen molar-refractivity contribution in [2.45, 2.75) is 19.0 Å². The van der Waals surface area contributed by atoms with E-state index in [1.54, 1.807) is 41.3 Å². The van der Waals surface area contributed by atoms with Gasteiger partial charge in [0, 0.05) is 31.9 Å². The summed E-state index contributed by atoms with van der Waals surface area (Å²) in [5, 5.41) is 2.70. The Bertz CT molecular complexity index is 883. The summed E-state index contributed by atoms with van der Waals surface area (Å²) >= 11 is 3.14. The number of carbonyl (C=O) groups is 2. The normalized spacial score (nSPS) is 15.7. The molecule has 3 rings (SSSR count). The molecule has 1 saturated heterocycles. The fraction of sp³-hybridized carbons (Fsp3) is 0.400. The van der Waals surface area contributed by atoms with Crippen molar-refractivity contribution in [3.05, 3.63) is 52.4 Å². The predicted octanol–water partition coefficient (Wildman–Crippen LogP) is 3.93. The largest absolute Gasteiger partial charge is 0.444 e. The molecule has 2 heterocycles. The van der Waals surface area contributed by atoms with Crippen molar-refractivity contribution in [3.63, 3.8) is 0 Å². The van der Waals surface area contributed by atoms with Crippen molar-refractivity contribution < 1.29 is 27.2 Å². The molecule has 0 saturated carbocycles. The van der Waals surface area contributed by atoms with Crippen LogP contribution in [0.5, 0.6) is 0 Å². The van der Waals surface area contributed by atoms with E-state index in [1.165, 1.54) is 4.90 Å². The summed E-state index contributed by atoms with van der Waals surface area (Å²) in [5.74, 6) is -0.347. The summed E-state index contributed by atoms with van der Waals surface area (Å²) in [7, 11) is 0. The van der Waals surface area contributed by atoms with Crippen LogP contribution in [0.25, 0.3) is 0 Å². The molecular formula is C20H21BrF3N3O3. The molecule has 0 aliphatic carbocycles. The van der Waals surface area contributed by atoms with Gasteiger partial charge in [0.05, 0.1) is 13.0 Å². The van der Waals surface area contributed by atoms with E-state index in [9.17, 15) is 22.8 Å². The Labute approximate surface area is 180 Å². The lowest BCUT2D eigenvalue weighted by molar-refractivity contribution is -0.145. The Morgan fingerprint density at radius 2 is 1.77 bits per heavy atom. The van der Waals surface area contributed by atoms with Gasteiger partial charge in [-0.25, -0.2) is 0 Å². The molecule has 1 aromatic heterocycles. The Morgan fingerprint density at radius 1 is 1.03 bits per heavy atom. The van der Waals surface area contributed by atoms with Crippen LogP contribution >= 0.6 is 15.9 Å². The monoisotopic (exact) mass is 487 g/mol. The molecule has 1 aliphatic heterocycles. The second-order valence-corrected chi connectivity index (χ2v) is 7.84. The summed E-state index contributed by atoms with van der Waals surface area (Å²) in [6.07, 6.45) is -3.57. The van der Waals surface area contributed by atoms with E-state index >= 15 is 0 Å². The van der Waals surface area contributed by atoms with Gasteiger partial charge in [-0.1, -0.05) is 12.1 Å². The first-order valence-electron chi connectivity index (χ1n) is 9.42. The lowest BCUT2D eigenvalue weighted by Crippen LogP contribution is -2.39. The summed E-state index contributed by atoms with van der Waals surface area (Å²) in [6.45, 7) is 0.308. The Morgan fingerprint density at radius 3 is 2.40 bits per heavy atom. The molecule has 1 aromatic carbocycles. The van der Waals surface area contributed by atoms with Gasteiger partial charge in [-0.3, -0.25) is 14.5 Å². The van der Waals surface area contributed by atoms with Crippen LogP contribution in [0.2, 0.25) is 0 Å². The minimum Gasteiger partial charge on any atom is -0.444 e. The number of nitrogens with one attached hydrogen (secondary N) is 1. The number of amides is 2. The number of anilines is 1. The summed E-state index contributed by atoms with van der Waals surface area (Å²) < 4.78 is 43.4. The summed E-state index contributed by atoms with van der Waals surface area (Å²) in [5.41, 5.74) is 1.32. The maximum absolute atomic E-state index is 12.6. The zero-order chi connectivity index (χ0) is 21.7. The summed E-state index contributed by atoms with van der Waals surface area (Å²) in [4.78, 5) is 27.6. The van der Waals surface area contributed by atoms with Crippen molar-refractivity contribution in [1.29, 1.82) is 0 Å². The van der Waals surface area contributed by atoms with E-state index < -0.39 is 18.6 Å². The Kier molecular flexibility index (Phi) is 7.19. The molecular weight excluding hydrogens is 467 g/mol. The van der Waals surface area contributed by atoms with Crippen molar-refractivity contribution in [3.8, 4) is 0 Å². The van der Waals surface area contributed by atoms with Crippen LogP contribution in [0, 0.1) is 0 Å². The molecule has 0 radical (unpaired) electrons. The zero-order valence-electron chi connectivity index (χ0n) is 16.0. The maximum Gasteiger partial charge on any atom is 0.401 e. The Balaban J connectivity index is 1.51. The predicted molar refractivity (Wildman–Crippen MR) is 108 cm³/mol. The van der Waals surface area contributed by atoms with E-state index in [4.69, 9.17) is 4.42 Å². The lowest BCUT2D eigenvalue weighted by atomic mass is 10.1. The third-order valence-electron chi connectivity index (χ3n) is 4.71. The second kappa shape index (κ2) is 9.65. The molecule has 6 nitrogen and oxygen atoms in total. The highest BCUT2D eigenvalue weighted by atomic mass is 79.9. The molecule has 10 heteroatoms. The molecule has 2 aromatic rings. The van der Waals surface area contributed by atoms with E-state index in [2.05, 4.69) is 21.2 Å².